The van der Waals surface area contributed by atoms with Crippen molar-refractivity contribution in [2.24, 2.45) is 0 Å². The van der Waals surface area contributed by atoms with Gasteiger partial charge in [0.2, 0.25) is 0 Å². The van der Waals surface area contributed by atoms with Gasteiger partial charge in [0, 0.05) is 22.6 Å². The number of halogens is 1. The number of aromatic nitrogens is 2. The van der Waals surface area contributed by atoms with Crippen LogP contribution in [0.3, 0.4) is 0 Å². The van der Waals surface area contributed by atoms with Crippen LogP contribution in [0, 0.1) is 5.82 Å². The fraction of sp³-hybridized carbons (Fsp3) is 0.0690. The second-order valence-electron chi connectivity index (χ2n) is 7.62. The molecule has 0 saturated heterocycles. The second-order valence-corrected chi connectivity index (χ2v) is 8.68. The average Bonchev–Trinajstić information content (AvgIpc) is 3.28. The van der Waals surface area contributed by atoms with E-state index in [9.17, 15) is 4.39 Å². The third-order valence-electron chi connectivity index (χ3n) is 5.36. The maximum atomic E-state index is 13.9. The molecule has 4 aromatic carbocycles. The molecular formula is C29H23FN2OS. The van der Waals surface area contributed by atoms with Crippen LogP contribution in [-0.2, 0) is 0 Å². The molecule has 5 aromatic rings. The topological polar surface area (TPSA) is 27.1 Å². The molecule has 5 heteroatoms. The highest BCUT2D eigenvalue weighted by molar-refractivity contribution is 7.99. The van der Waals surface area contributed by atoms with Crippen molar-refractivity contribution in [1.82, 2.24) is 9.55 Å². The van der Waals surface area contributed by atoms with Crippen molar-refractivity contribution in [1.29, 1.82) is 0 Å². The normalized spacial score (nSPS) is 10.9. The summed E-state index contributed by atoms with van der Waals surface area (Å²) in [7, 11) is 0. The van der Waals surface area contributed by atoms with Crippen LogP contribution >= 0.6 is 11.8 Å². The van der Waals surface area contributed by atoms with Crippen LogP contribution < -0.4 is 4.74 Å². The lowest BCUT2D eigenvalue weighted by atomic mass is 10.0. The number of para-hydroxylation sites is 2. The van der Waals surface area contributed by atoms with Gasteiger partial charge in [0.1, 0.15) is 0 Å². The zero-order valence-corrected chi connectivity index (χ0v) is 19.3. The smallest absolute Gasteiger partial charge is 0.173 e. The van der Waals surface area contributed by atoms with Crippen LogP contribution in [0.25, 0.3) is 28.2 Å². The summed E-state index contributed by atoms with van der Waals surface area (Å²) in [6.07, 6.45) is 0. The Morgan fingerprint density at radius 2 is 1.29 bits per heavy atom. The molecular weight excluding hydrogens is 443 g/mol. The third kappa shape index (κ3) is 4.75. The molecule has 0 fully saturated rings. The molecule has 0 aliphatic rings. The Morgan fingerprint density at radius 3 is 1.97 bits per heavy atom. The molecule has 0 atom stereocenters. The van der Waals surface area contributed by atoms with E-state index in [-0.39, 0.29) is 11.6 Å². The fourth-order valence-electron chi connectivity index (χ4n) is 3.82. The Hall–Kier alpha value is -3.83. The van der Waals surface area contributed by atoms with Crippen LogP contribution in [0.15, 0.2) is 120 Å². The van der Waals surface area contributed by atoms with Crippen molar-refractivity contribution in [3.63, 3.8) is 0 Å². The van der Waals surface area contributed by atoms with Gasteiger partial charge in [0.15, 0.2) is 16.7 Å². The van der Waals surface area contributed by atoms with Crippen molar-refractivity contribution in [2.45, 2.75) is 5.16 Å². The highest BCUT2D eigenvalue weighted by atomic mass is 32.2. The lowest BCUT2D eigenvalue weighted by Crippen LogP contribution is -2.04. The first kappa shape index (κ1) is 22.0. The molecule has 0 spiro atoms. The molecule has 0 saturated carbocycles. The molecule has 1 aromatic heterocycles. The predicted octanol–water partition coefficient (Wildman–Crippen LogP) is 7.52. The summed E-state index contributed by atoms with van der Waals surface area (Å²) in [5, 5.41) is 0.862. The lowest BCUT2D eigenvalue weighted by molar-refractivity contribution is 0.325. The summed E-state index contributed by atoms with van der Waals surface area (Å²) in [4.78, 5) is 5.09. The molecule has 0 N–H and O–H groups in total. The molecule has 0 unspecified atom stereocenters. The van der Waals surface area contributed by atoms with Gasteiger partial charge >= 0.3 is 0 Å². The largest absolute Gasteiger partial charge is 0.490 e. The minimum absolute atomic E-state index is 0.268. The van der Waals surface area contributed by atoms with Gasteiger partial charge in [-0.2, -0.15) is 0 Å². The van der Waals surface area contributed by atoms with E-state index in [1.807, 2.05) is 54.6 Å². The minimum atomic E-state index is -0.351. The molecule has 0 bridgehead atoms. The van der Waals surface area contributed by atoms with Gasteiger partial charge in [-0.15, -0.1) is 0 Å². The van der Waals surface area contributed by atoms with Crippen LogP contribution in [0.4, 0.5) is 4.39 Å². The molecule has 0 aliphatic heterocycles. The SMILES string of the molecule is Fc1ccccc1OCCSc1nc(-c2ccccc2)c(-c2ccccc2)n1-c1ccccc1. The van der Waals surface area contributed by atoms with Gasteiger partial charge in [-0.3, -0.25) is 4.57 Å². The summed E-state index contributed by atoms with van der Waals surface area (Å²) in [6, 6.07) is 37.3. The molecule has 0 radical (unpaired) electrons. The first-order chi connectivity index (χ1) is 16.8. The first-order valence-corrected chi connectivity index (χ1v) is 12.1. The number of ether oxygens (including phenoxy) is 1. The maximum absolute atomic E-state index is 13.9. The Bertz CT molecular complexity index is 1360. The third-order valence-corrected chi connectivity index (χ3v) is 6.27. The fourth-order valence-corrected chi connectivity index (χ4v) is 4.65. The number of rotatable bonds is 8. The van der Waals surface area contributed by atoms with E-state index in [0.29, 0.717) is 12.4 Å². The Balaban J connectivity index is 1.54. The maximum Gasteiger partial charge on any atom is 0.173 e. The Kier molecular flexibility index (Phi) is 6.73. The van der Waals surface area contributed by atoms with Crippen molar-refractivity contribution in [2.75, 3.05) is 12.4 Å². The van der Waals surface area contributed by atoms with E-state index in [0.717, 1.165) is 33.4 Å². The molecule has 168 valence electrons. The van der Waals surface area contributed by atoms with Crippen LogP contribution in [0.5, 0.6) is 5.75 Å². The number of thioether (sulfide) groups is 1. The number of benzene rings is 4. The van der Waals surface area contributed by atoms with E-state index < -0.39 is 0 Å². The predicted molar refractivity (Wildman–Crippen MR) is 137 cm³/mol. The van der Waals surface area contributed by atoms with Gasteiger partial charge in [0.25, 0.3) is 0 Å². The summed E-state index contributed by atoms with van der Waals surface area (Å²) >= 11 is 1.60. The van der Waals surface area contributed by atoms with Crippen LogP contribution in [0.2, 0.25) is 0 Å². The van der Waals surface area contributed by atoms with Crippen LogP contribution in [0.1, 0.15) is 0 Å². The second kappa shape index (κ2) is 10.4. The van der Waals surface area contributed by atoms with Crippen molar-refractivity contribution < 1.29 is 9.13 Å². The summed E-state index contributed by atoms with van der Waals surface area (Å²) in [5.41, 5.74) is 5.14. The summed E-state index contributed by atoms with van der Waals surface area (Å²) < 4.78 is 21.8. The Morgan fingerprint density at radius 1 is 0.706 bits per heavy atom. The van der Waals surface area contributed by atoms with Gasteiger partial charge < -0.3 is 4.74 Å². The zero-order valence-electron chi connectivity index (χ0n) is 18.5. The van der Waals surface area contributed by atoms with E-state index >= 15 is 0 Å². The van der Waals surface area contributed by atoms with Crippen molar-refractivity contribution in [3.8, 4) is 34.0 Å². The molecule has 5 rings (SSSR count). The highest BCUT2D eigenvalue weighted by Crippen LogP contribution is 2.38. The van der Waals surface area contributed by atoms with E-state index in [1.54, 1.807) is 30.0 Å². The number of hydrogen-bond donors (Lipinski definition) is 0. The molecule has 3 nitrogen and oxygen atoms in total. The quantitative estimate of drug-likeness (QED) is 0.175. The Labute approximate surface area is 202 Å². The van der Waals surface area contributed by atoms with E-state index in [4.69, 9.17) is 9.72 Å². The lowest BCUT2D eigenvalue weighted by Gasteiger charge is -2.13. The van der Waals surface area contributed by atoms with Gasteiger partial charge in [-0.25, -0.2) is 9.37 Å². The average molecular weight is 467 g/mol. The summed E-state index contributed by atoms with van der Waals surface area (Å²) in [6.45, 7) is 0.370. The van der Waals surface area contributed by atoms with E-state index in [2.05, 4.69) is 41.0 Å². The minimum Gasteiger partial charge on any atom is -0.490 e. The molecule has 1 heterocycles. The van der Waals surface area contributed by atoms with Crippen LogP contribution in [-0.4, -0.2) is 21.9 Å². The van der Waals surface area contributed by atoms with Crippen molar-refractivity contribution in [3.05, 3.63) is 121 Å². The van der Waals surface area contributed by atoms with Gasteiger partial charge in [-0.1, -0.05) is 103 Å². The van der Waals surface area contributed by atoms with Gasteiger partial charge in [-0.05, 0) is 24.3 Å². The highest BCUT2D eigenvalue weighted by Gasteiger charge is 2.21. The molecule has 34 heavy (non-hydrogen) atoms. The molecule has 0 aliphatic carbocycles. The standard InChI is InChI=1S/C29H23FN2OS/c30-25-18-10-11-19-26(25)33-20-21-34-29-31-27(22-12-4-1-5-13-22)28(23-14-6-2-7-15-23)32(29)24-16-8-3-9-17-24/h1-19H,20-21H2. The monoisotopic (exact) mass is 466 g/mol. The number of imidazole rings is 1. The zero-order chi connectivity index (χ0) is 23.2. The number of hydrogen-bond acceptors (Lipinski definition) is 3. The van der Waals surface area contributed by atoms with E-state index in [1.165, 1.54) is 6.07 Å². The number of nitrogens with zero attached hydrogens (tertiary/aromatic N) is 2. The summed E-state index contributed by atoms with van der Waals surface area (Å²) in [5.74, 6) is 0.543. The molecule has 0 amide bonds. The van der Waals surface area contributed by atoms with Gasteiger partial charge in [0.05, 0.1) is 18.0 Å². The van der Waals surface area contributed by atoms with Crippen molar-refractivity contribution >= 4 is 11.8 Å². The first-order valence-electron chi connectivity index (χ1n) is 11.1.